The van der Waals surface area contributed by atoms with Crippen LogP contribution < -0.4 is 0 Å². The van der Waals surface area contributed by atoms with Gasteiger partial charge in [-0.15, -0.1) is 11.3 Å². The summed E-state index contributed by atoms with van der Waals surface area (Å²) in [7, 11) is 0. The molecule has 2 N–H and O–H groups in total. The number of aryl methyl sites for hydroxylation is 1. The van der Waals surface area contributed by atoms with Crippen LogP contribution in [0.15, 0.2) is 11.0 Å². The van der Waals surface area contributed by atoms with E-state index in [1.165, 1.54) is 0 Å². The first-order valence-corrected chi connectivity index (χ1v) is 13.5. The van der Waals surface area contributed by atoms with Crippen molar-refractivity contribution in [3.05, 3.63) is 21.7 Å². The monoisotopic (exact) mass is 507 g/mol. The summed E-state index contributed by atoms with van der Waals surface area (Å²) in [5.41, 5.74) is 0.179. The van der Waals surface area contributed by atoms with Gasteiger partial charge in [-0.2, -0.15) is 0 Å². The van der Waals surface area contributed by atoms with E-state index in [-0.39, 0.29) is 29.8 Å². The highest BCUT2D eigenvalue weighted by atomic mass is 32.1. The third kappa shape index (κ3) is 6.59. The number of carbonyl (C=O) groups excluding carboxylic acids is 2. The van der Waals surface area contributed by atoms with Gasteiger partial charge in [-0.05, 0) is 51.2 Å². The number of rotatable bonds is 2. The van der Waals surface area contributed by atoms with Gasteiger partial charge in [-0.1, -0.05) is 34.1 Å². The van der Waals surface area contributed by atoms with E-state index in [1.54, 1.807) is 32.1 Å². The zero-order valence-corrected chi connectivity index (χ0v) is 22.9. The first-order chi connectivity index (χ1) is 16.2. The largest absolute Gasteiger partial charge is 0.458 e. The number of hydrogen-bond donors (Lipinski definition) is 2. The topological polar surface area (TPSA) is 109 Å². The maximum absolute atomic E-state index is 13.2. The maximum atomic E-state index is 13.2. The smallest absolute Gasteiger partial charge is 0.309 e. The average molecular weight is 508 g/mol. The summed E-state index contributed by atoms with van der Waals surface area (Å²) >= 11 is 1.56. The number of esters is 1. The molecule has 1 aromatic heterocycles. The molecule has 7 nitrogen and oxygen atoms in total. The molecule has 3 heterocycles. The molecule has 0 saturated carbocycles. The van der Waals surface area contributed by atoms with Gasteiger partial charge in [0.1, 0.15) is 11.9 Å². The predicted octanol–water partition coefficient (Wildman–Crippen LogP) is 4.48. The molecule has 0 aromatic carbocycles. The number of aromatic nitrogens is 1. The van der Waals surface area contributed by atoms with Gasteiger partial charge < -0.3 is 19.7 Å². The molecule has 196 valence electrons. The summed E-state index contributed by atoms with van der Waals surface area (Å²) in [5.74, 6) is -1.55. The van der Waals surface area contributed by atoms with Crippen molar-refractivity contribution in [2.75, 3.05) is 0 Å². The second kappa shape index (κ2) is 10.8. The van der Waals surface area contributed by atoms with Crippen LogP contribution in [0.25, 0.3) is 6.08 Å². The van der Waals surface area contributed by atoms with Crippen molar-refractivity contribution in [2.45, 2.75) is 111 Å². The molecule has 2 aliphatic rings. The maximum Gasteiger partial charge on any atom is 0.309 e. The Labute approximate surface area is 212 Å². The molecule has 0 radical (unpaired) electrons. The molecular weight excluding hydrogens is 466 g/mol. The number of ether oxygens (including phenoxy) is 2. The number of cyclic esters (lactones) is 1. The molecule has 0 spiro atoms. The minimum Gasteiger partial charge on any atom is -0.458 e. The molecular formula is C27H41NO6S. The molecule has 35 heavy (non-hydrogen) atoms. The molecule has 4 unspecified atom stereocenters. The summed E-state index contributed by atoms with van der Waals surface area (Å²) in [6.45, 7) is 12.8. The molecule has 8 heteroatoms. The van der Waals surface area contributed by atoms with E-state index in [2.05, 4.69) is 11.9 Å². The number of epoxide rings is 1. The molecule has 0 amide bonds. The summed E-state index contributed by atoms with van der Waals surface area (Å²) in [6.07, 6.45) is 1.98. The zero-order valence-electron chi connectivity index (χ0n) is 22.0. The molecule has 2 saturated heterocycles. The van der Waals surface area contributed by atoms with E-state index < -0.39 is 35.6 Å². The van der Waals surface area contributed by atoms with Crippen LogP contribution in [0.3, 0.4) is 0 Å². The van der Waals surface area contributed by atoms with Crippen LogP contribution >= 0.6 is 11.3 Å². The standard InChI is InChI=1S/C27H41NO6S/c1-15-9-8-10-27(7)22(34-27)12-20(16(2)11-19-14-35-18(4)28-19)33-23(30)13-21(29)26(5,6)25(32)17(3)24(15)31/h11,14-15,17,20-22,24,29,31H,8-10,12-13H2,1-7H3/b16-11+/t15?,17?,20-,21?,22-,24?,27+/m0/s1. The second-order valence-corrected chi connectivity index (χ2v) is 12.3. The Morgan fingerprint density at radius 1 is 1.23 bits per heavy atom. The van der Waals surface area contributed by atoms with Crippen molar-refractivity contribution < 1.29 is 29.3 Å². The van der Waals surface area contributed by atoms with E-state index in [0.717, 1.165) is 35.5 Å². The number of fused-ring (bicyclic) bond motifs is 1. The van der Waals surface area contributed by atoms with Crippen molar-refractivity contribution in [3.63, 3.8) is 0 Å². The Morgan fingerprint density at radius 2 is 1.91 bits per heavy atom. The number of carbonyl (C=O) groups is 2. The highest BCUT2D eigenvalue weighted by Crippen LogP contribution is 2.45. The molecule has 1 aromatic rings. The Hall–Kier alpha value is -1.61. The number of aliphatic hydroxyl groups is 2. The average Bonchev–Trinajstić information content (AvgIpc) is 3.22. The Kier molecular flexibility index (Phi) is 8.62. The van der Waals surface area contributed by atoms with Crippen LogP contribution in [0.4, 0.5) is 0 Å². The Bertz CT molecular complexity index is 955. The van der Waals surface area contributed by atoms with Crippen molar-refractivity contribution in [2.24, 2.45) is 17.3 Å². The van der Waals surface area contributed by atoms with Crippen molar-refractivity contribution in [1.29, 1.82) is 0 Å². The fraction of sp³-hybridized carbons (Fsp3) is 0.741. The summed E-state index contributed by atoms with van der Waals surface area (Å²) in [6, 6.07) is 0. The van der Waals surface area contributed by atoms with Crippen molar-refractivity contribution >= 4 is 29.2 Å². The van der Waals surface area contributed by atoms with Crippen LogP contribution in [-0.2, 0) is 19.1 Å². The van der Waals surface area contributed by atoms with E-state index in [9.17, 15) is 19.8 Å². The highest BCUT2D eigenvalue weighted by molar-refractivity contribution is 7.09. The quantitative estimate of drug-likeness (QED) is 0.449. The summed E-state index contributed by atoms with van der Waals surface area (Å²) in [4.78, 5) is 30.6. The first kappa shape index (κ1) is 28.0. The number of Topliss-reactive ketones (excluding diaryl/α,β-unsaturated/α-hetero) is 1. The third-order valence-electron chi connectivity index (χ3n) is 7.93. The van der Waals surface area contributed by atoms with Gasteiger partial charge >= 0.3 is 5.97 Å². The van der Waals surface area contributed by atoms with Gasteiger partial charge in [0.05, 0.1) is 46.5 Å². The first-order valence-electron chi connectivity index (χ1n) is 12.6. The van der Waals surface area contributed by atoms with E-state index in [0.29, 0.717) is 6.42 Å². The van der Waals surface area contributed by atoms with Crippen LogP contribution in [-0.4, -0.2) is 57.0 Å². The minimum atomic E-state index is -1.23. The van der Waals surface area contributed by atoms with Gasteiger partial charge in [0, 0.05) is 17.7 Å². The van der Waals surface area contributed by atoms with Gasteiger partial charge in [-0.3, -0.25) is 9.59 Å². The lowest BCUT2D eigenvalue weighted by molar-refractivity contribution is -0.154. The van der Waals surface area contributed by atoms with Gasteiger partial charge in [0.2, 0.25) is 0 Å². The second-order valence-electron chi connectivity index (χ2n) is 11.3. The van der Waals surface area contributed by atoms with Crippen molar-refractivity contribution in [1.82, 2.24) is 4.98 Å². The van der Waals surface area contributed by atoms with E-state index in [1.807, 2.05) is 32.2 Å². The van der Waals surface area contributed by atoms with Gasteiger partial charge in [0.25, 0.3) is 0 Å². The predicted molar refractivity (Wildman–Crippen MR) is 136 cm³/mol. The zero-order chi connectivity index (χ0) is 26.1. The summed E-state index contributed by atoms with van der Waals surface area (Å²) in [5, 5.41) is 24.6. The molecule has 2 aliphatic heterocycles. The normalized spacial score (nSPS) is 37.5. The van der Waals surface area contributed by atoms with Gasteiger partial charge in [-0.25, -0.2) is 4.98 Å². The number of ketones is 1. The molecule has 0 aliphatic carbocycles. The fourth-order valence-electron chi connectivity index (χ4n) is 5.07. The van der Waals surface area contributed by atoms with Crippen molar-refractivity contribution in [3.8, 4) is 0 Å². The number of thiazole rings is 1. The van der Waals surface area contributed by atoms with Crippen LogP contribution in [0, 0.1) is 24.2 Å². The lowest BCUT2D eigenvalue weighted by Crippen LogP contribution is -2.45. The fourth-order valence-corrected chi connectivity index (χ4v) is 5.64. The molecule has 7 atom stereocenters. The SMILES string of the molecule is C/C(=C\c1csc(C)n1)[C@@H]1C[C@@H]2O[C@]2(C)CCCC(C)C(O)C(C)C(=O)C(C)(C)C(O)CC(=O)O1. The lowest BCUT2D eigenvalue weighted by Gasteiger charge is -2.34. The van der Waals surface area contributed by atoms with Crippen LogP contribution in [0.5, 0.6) is 0 Å². The van der Waals surface area contributed by atoms with Crippen LogP contribution in [0.1, 0.15) is 84.3 Å². The number of hydrogen-bond acceptors (Lipinski definition) is 8. The molecule has 2 fully saturated rings. The Balaban J connectivity index is 1.85. The molecule has 3 rings (SSSR count). The number of aliphatic hydroxyl groups excluding tert-OH is 2. The van der Waals surface area contributed by atoms with Gasteiger partial charge in [0.15, 0.2) is 0 Å². The van der Waals surface area contributed by atoms with E-state index in [4.69, 9.17) is 9.47 Å². The minimum absolute atomic E-state index is 0.0455. The lowest BCUT2D eigenvalue weighted by atomic mass is 9.73. The third-order valence-corrected chi connectivity index (χ3v) is 8.72. The summed E-state index contributed by atoms with van der Waals surface area (Å²) < 4.78 is 11.9. The Morgan fingerprint density at radius 3 is 2.54 bits per heavy atom. The number of nitrogens with zero attached hydrogens (tertiary/aromatic N) is 1. The van der Waals surface area contributed by atoms with Crippen LogP contribution in [0.2, 0.25) is 0 Å². The highest BCUT2D eigenvalue weighted by Gasteiger charge is 2.53. The molecule has 0 bridgehead atoms. The van der Waals surface area contributed by atoms with E-state index >= 15 is 0 Å².